The number of hydrogen-bond acceptors (Lipinski definition) is 2. The molecule has 0 saturated carbocycles. The Labute approximate surface area is 175 Å². The number of amides is 1. The first kappa shape index (κ1) is 23.3. The molecule has 1 saturated heterocycles. The van der Waals surface area contributed by atoms with Crippen LogP contribution >= 0.6 is 0 Å². The molecular weight excluding hydrogens is 391 g/mol. The first-order valence-corrected chi connectivity index (χ1v) is 9.69. The lowest BCUT2D eigenvalue weighted by Gasteiger charge is -2.28. The van der Waals surface area contributed by atoms with Crippen LogP contribution in [-0.4, -0.2) is 17.4 Å². The Morgan fingerprint density at radius 3 is 2.03 bits per heavy atom. The maximum Gasteiger partial charge on any atom is 0.416 e. The number of hydrogen-bond donors (Lipinski definition) is 0. The van der Waals surface area contributed by atoms with Gasteiger partial charge in [0.05, 0.1) is 5.56 Å². The molecule has 0 bridgehead atoms. The molecule has 1 aliphatic rings. The molecule has 6 heteroatoms. The summed E-state index contributed by atoms with van der Waals surface area (Å²) in [5, 5.41) is 0. The summed E-state index contributed by atoms with van der Waals surface area (Å²) in [6.45, 7) is 8.45. The number of carbonyl (C=O) groups is 1. The van der Waals surface area contributed by atoms with Gasteiger partial charge in [-0.15, -0.1) is 6.58 Å². The van der Waals surface area contributed by atoms with Crippen LogP contribution in [0.5, 0.6) is 11.5 Å². The van der Waals surface area contributed by atoms with Crippen molar-refractivity contribution in [3.8, 4) is 11.5 Å². The van der Waals surface area contributed by atoms with Crippen LogP contribution in [-0.2, 0) is 17.5 Å². The van der Waals surface area contributed by atoms with Crippen molar-refractivity contribution in [1.82, 2.24) is 4.90 Å². The number of ether oxygens (including phenoxy) is 1. The number of piperidine rings is 1. The molecule has 0 N–H and O–H groups in total. The van der Waals surface area contributed by atoms with Crippen molar-refractivity contribution in [1.29, 1.82) is 0 Å². The highest BCUT2D eigenvalue weighted by atomic mass is 19.4. The summed E-state index contributed by atoms with van der Waals surface area (Å²) in [5.41, 5.74) is 1.45. The van der Waals surface area contributed by atoms with Gasteiger partial charge < -0.3 is 9.64 Å². The standard InChI is InChI=1S/C21H20F3NO2.C3H6/c1-2-15-11-12-25(20(26)13-15)14-16-3-7-18(8-4-16)27-19-9-5-17(6-10-19)21(22,23)24;1-3-2/h2-10H,11-14H2,1H3;3H,1H2,2H3/b15-2+;. The van der Waals surface area contributed by atoms with Crippen LogP contribution in [0.3, 0.4) is 0 Å². The highest BCUT2D eigenvalue weighted by molar-refractivity contribution is 5.79. The van der Waals surface area contributed by atoms with Crippen LogP contribution in [0.25, 0.3) is 0 Å². The zero-order valence-corrected chi connectivity index (χ0v) is 17.2. The Bertz CT molecular complexity index is 869. The Morgan fingerprint density at radius 1 is 1.03 bits per heavy atom. The Balaban J connectivity index is 0.00000101. The van der Waals surface area contributed by atoms with Crippen LogP contribution in [0.1, 0.15) is 37.8 Å². The van der Waals surface area contributed by atoms with Crippen molar-refractivity contribution in [2.45, 2.75) is 39.4 Å². The normalized spacial score (nSPS) is 15.4. The van der Waals surface area contributed by atoms with E-state index in [2.05, 4.69) is 6.58 Å². The molecule has 0 radical (unpaired) electrons. The fraction of sp³-hybridized carbons (Fsp3) is 0.292. The van der Waals surface area contributed by atoms with Crippen molar-refractivity contribution >= 4 is 5.91 Å². The van der Waals surface area contributed by atoms with Gasteiger partial charge in [0.25, 0.3) is 0 Å². The van der Waals surface area contributed by atoms with Crippen LogP contribution < -0.4 is 4.74 Å². The average Bonchev–Trinajstić information content (AvgIpc) is 2.71. The first-order valence-electron chi connectivity index (χ1n) is 9.69. The first-order chi connectivity index (χ1) is 14.3. The van der Waals surface area contributed by atoms with Gasteiger partial charge >= 0.3 is 6.18 Å². The summed E-state index contributed by atoms with van der Waals surface area (Å²) in [4.78, 5) is 14.0. The van der Waals surface area contributed by atoms with Gasteiger partial charge in [0.1, 0.15) is 11.5 Å². The number of allylic oxidation sites excluding steroid dienone is 2. The Hall–Kier alpha value is -3.02. The predicted molar refractivity (Wildman–Crippen MR) is 112 cm³/mol. The van der Waals surface area contributed by atoms with Gasteiger partial charge in [0.15, 0.2) is 0 Å². The zero-order valence-electron chi connectivity index (χ0n) is 17.2. The van der Waals surface area contributed by atoms with E-state index in [4.69, 9.17) is 4.74 Å². The largest absolute Gasteiger partial charge is 0.457 e. The minimum atomic E-state index is -4.36. The number of rotatable bonds is 4. The number of likely N-dealkylation sites (tertiary alicyclic amines) is 1. The summed E-state index contributed by atoms with van der Waals surface area (Å²) >= 11 is 0. The van der Waals surface area contributed by atoms with E-state index in [-0.39, 0.29) is 5.91 Å². The molecule has 3 rings (SSSR count). The molecule has 0 aromatic heterocycles. The van der Waals surface area contributed by atoms with Crippen LogP contribution in [0, 0.1) is 0 Å². The molecule has 1 fully saturated rings. The molecule has 1 amide bonds. The van der Waals surface area contributed by atoms with Crippen molar-refractivity contribution in [2.24, 2.45) is 0 Å². The zero-order chi connectivity index (χ0) is 22.1. The highest BCUT2D eigenvalue weighted by Gasteiger charge is 2.30. The lowest BCUT2D eigenvalue weighted by Crippen LogP contribution is -2.35. The minimum Gasteiger partial charge on any atom is -0.457 e. The second-order valence-electron chi connectivity index (χ2n) is 6.87. The van der Waals surface area contributed by atoms with Gasteiger partial charge in [-0.1, -0.05) is 29.9 Å². The maximum absolute atomic E-state index is 12.6. The van der Waals surface area contributed by atoms with E-state index < -0.39 is 11.7 Å². The van der Waals surface area contributed by atoms with Crippen molar-refractivity contribution in [3.05, 3.63) is 84.0 Å². The van der Waals surface area contributed by atoms with E-state index >= 15 is 0 Å². The molecule has 3 nitrogen and oxygen atoms in total. The predicted octanol–water partition coefficient (Wildman–Crippen LogP) is 6.76. The topological polar surface area (TPSA) is 29.5 Å². The van der Waals surface area contributed by atoms with E-state index in [9.17, 15) is 18.0 Å². The van der Waals surface area contributed by atoms with Crippen LogP contribution in [0.2, 0.25) is 0 Å². The smallest absolute Gasteiger partial charge is 0.416 e. The van der Waals surface area contributed by atoms with E-state index in [1.807, 2.05) is 37.0 Å². The molecule has 1 aliphatic heterocycles. The maximum atomic E-state index is 12.6. The summed E-state index contributed by atoms with van der Waals surface area (Å²) < 4.78 is 43.3. The fourth-order valence-electron chi connectivity index (χ4n) is 2.94. The molecule has 0 unspecified atom stereocenters. The molecule has 0 spiro atoms. The number of halogens is 3. The monoisotopic (exact) mass is 417 g/mol. The minimum absolute atomic E-state index is 0.124. The third-order valence-corrected chi connectivity index (χ3v) is 4.56. The molecule has 2 aromatic carbocycles. The number of alkyl halides is 3. The van der Waals surface area contributed by atoms with E-state index in [0.29, 0.717) is 31.0 Å². The molecule has 160 valence electrons. The van der Waals surface area contributed by atoms with Gasteiger partial charge in [-0.25, -0.2) is 0 Å². The molecule has 1 heterocycles. The van der Waals surface area contributed by atoms with Crippen molar-refractivity contribution in [2.75, 3.05) is 6.54 Å². The quantitative estimate of drug-likeness (QED) is 0.515. The Morgan fingerprint density at radius 2 is 1.57 bits per heavy atom. The van der Waals surface area contributed by atoms with Gasteiger partial charge in [-0.3, -0.25) is 4.79 Å². The summed E-state index contributed by atoms with van der Waals surface area (Å²) in [7, 11) is 0. The molecule has 30 heavy (non-hydrogen) atoms. The van der Waals surface area contributed by atoms with Crippen LogP contribution in [0.4, 0.5) is 13.2 Å². The lowest BCUT2D eigenvalue weighted by molar-refractivity contribution is -0.137. The highest BCUT2D eigenvalue weighted by Crippen LogP contribution is 2.31. The SMILES string of the molecule is C/C=C1\CCN(Cc2ccc(Oc3ccc(C(F)(F)F)cc3)cc2)C(=O)C1.C=CC. The molecule has 0 atom stereocenters. The third-order valence-electron chi connectivity index (χ3n) is 4.56. The van der Waals surface area contributed by atoms with Gasteiger partial charge in [-0.2, -0.15) is 13.2 Å². The van der Waals surface area contributed by atoms with Gasteiger partial charge in [0.2, 0.25) is 5.91 Å². The van der Waals surface area contributed by atoms with Gasteiger partial charge in [0, 0.05) is 19.5 Å². The summed E-state index contributed by atoms with van der Waals surface area (Å²) in [6, 6.07) is 11.8. The third kappa shape index (κ3) is 6.79. The second kappa shape index (κ2) is 10.7. The molecular formula is C24H26F3NO2. The van der Waals surface area contributed by atoms with Crippen LogP contribution in [0.15, 0.2) is 72.8 Å². The lowest BCUT2D eigenvalue weighted by atomic mass is 10.0. The van der Waals surface area contributed by atoms with E-state index in [1.165, 1.54) is 17.7 Å². The van der Waals surface area contributed by atoms with Crippen molar-refractivity contribution in [3.63, 3.8) is 0 Å². The number of carbonyl (C=O) groups excluding carboxylic acids is 1. The van der Waals surface area contributed by atoms with Crippen molar-refractivity contribution < 1.29 is 22.7 Å². The summed E-state index contributed by atoms with van der Waals surface area (Å²) in [6.07, 6.45) is 0.769. The second-order valence-corrected chi connectivity index (χ2v) is 6.87. The number of nitrogens with zero attached hydrogens (tertiary/aromatic N) is 1. The van der Waals surface area contributed by atoms with E-state index in [1.54, 1.807) is 18.2 Å². The number of benzene rings is 2. The summed E-state index contributed by atoms with van der Waals surface area (Å²) in [5.74, 6) is 0.986. The van der Waals surface area contributed by atoms with Gasteiger partial charge in [-0.05, 0) is 62.2 Å². The van der Waals surface area contributed by atoms with E-state index in [0.717, 1.165) is 24.1 Å². The fourth-order valence-corrected chi connectivity index (χ4v) is 2.94. The Kier molecular flexibility index (Phi) is 8.27. The average molecular weight is 417 g/mol. The molecule has 2 aromatic rings. The molecule has 0 aliphatic carbocycles.